The molecule has 1 amide bonds. The highest BCUT2D eigenvalue weighted by molar-refractivity contribution is 5.76. The van der Waals surface area contributed by atoms with Crippen LogP contribution in [-0.4, -0.2) is 11.9 Å². The van der Waals surface area contributed by atoms with E-state index < -0.39 is 0 Å². The second-order valence-electron chi connectivity index (χ2n) is 5.33. The fourth-order valence-electron chi connectivity index (χ4n) is 2.06. The molecule has 1 fully saturated rings. The molecule has 1 aliphatic rings. The van der Waals surface area contributed by atoms with Gasteiger partial charge in [0.25, 0.3) is 0 Å². The van der Waals surface area contributed by atoms with Crippen LogP contribution in [0.3, 0.4) is 0 Å². The fraction of sp³-hybridized carbons (Fsp3) is 0.923. The van der Waals surface area contributed by atoms with Gasteiger partial charge in [-0.3, -0.25) is 4.79 Å². The van der Waals surface area contributed by atoms with Crippen LogP contribution < -0.4 is 5.32 Å². The Morgan fingerprint density at radius 3 is 2.33 bits per heavy atom. The highest BCUT2D eigenvalue weighted by Gasteiger charge is 2.18. The Hall–Kier alpha value is -0.530. The van der Waals surface area contributed by atoms with Crippen molar-refractivity contribution in [1.82, 2.24) is 5.32 Å². The lowest BCUT2D eigenvalue weighted by Crippen LogP contribution is -2.37. The third-order valence-corrected chi connectivity index (χ3v) is 3.62. The first-order chi connectivity index (χ1) is 7.09. The van der Waals surface area contributed by atoms with Crippen molar-refractivity contribution in [2.75, 3.05) is 0 Å². The molecule has 0 unspecified atom stereocenters. The van der Waals surface area contributed by atoms with E-state index in [0.717, 1.165) is 0 Å². The van der Waals surface area contributed by atoms with Crippen molar-refractivity contribution in [3.8, 4) is 0 Å². The molecule has 0 radical (unpaired) electrons. The quantitative estimate of drug-likeness (QED) is 0.760. The van der Waals surface area contributed by atoms with E-state index in [-0.39, 0.29) is 5.91 Å². The number of hydrogen-bond acceptors (Lipinski definition) is 1. The highest BCUT2D eigenvalue weighted by Crippen LogP contribution is 2.18. The van der Waals surface area contributed by atoms with Crippen molar-refractivity contribution in [1.29, 1.82) is 0 Å². The summed E-state index contributed by atoms with van der Waals surface area (Å²) in [4.78, 5) is 11.7. The maximum atomic E-state index is 11.7. The third-order valence-electron chi connectivity index (χ3n) is 3.62. The SMILES string of the molecule is CC(C)[C@H](C)CC(=O)NC1CCCCC1. The van der Waals surface area contributed by atoms with Gasteiger partial charge in [0.15, 0.2) is 0 Å². The first kappa shape index (κ1) is 12.5. The van der Waals surface area contributed by atoms with E-state index in [0.29, 0.717) is 24.3 Å². The summed E-state index contributed by atoms with van der Waals surface area (Å²) >= 11 is 0. The van der Waals surface area contributed by atoms with E-state index in [1.807, 2.05) is 0 Å². The molecule has 0 aromatic rings. The van der Waals surface area contributed by atoms with Gasteiger partial charge in [0, 0.05) is 12.5 Å². The smallest absolute Gasteiger partial charge is 0.220 e. The standard InChI is InChI=1S/C13H25NO/c1-10(2)11(3)9-13(15)14-12-7-5-4-6-8-12/h10-12H,4-9H2,1-3H3,(H,14,15)/t11-/m1/s1. The third kappa shape index (κ3) is 4.67. The zero-order valence-corrected chi connectivity index (χ0v) is 10.4. The summed E-state index contributed by atoms with van der Waals surface area (Å²) in [7, 11) is 0. The molecular weight excluding hydrogens is 186 g/mol. The normalized spacial score (nSPS) is 20.3. The van der Waals surface area contributed by atoms with E-state index in [9.17, 15) is 4.79 Å². The van der Waals surface area contributed by atoms with Crippen LogP contribution in [-0.2, 0) is 4.79 Å². The molecular formula is C13H25NO. The first-order valence-electron chi connectivity index (χ1n) is 6.39. The van der Waals surface area contributed by atoms with Crippen molar-refractivity contribution in [3.63, 3.8) is 0 Å². The average Bonchev–Trinajstić information content (AvgIpc) is 2.18. The Labute approximate surface area is 93.8 Å². The van der Waals surface area contributed by atoms with E-state index in [2.05, 4.69) is 26.1 Å². The summed E-state index contributed by atoms with van der Waals surface area (Å²) < 4.78 is 0. The zero-order valence-electron chi connectivity index (χ0n) is 10.4. The zero-order chi connectivity index (χ0) is 11.3. The van der Waals surface area contributed by atoms with E-state index in [1.54, 1.807) is 0 Å². The number of hydrogen-bond donors (Lipinski definition) is 1. The van der Waals surface area contributed by atoms with Crippen LogP contribution in [0.15, 0.2) is 0 Å². The van der Waals surface area contributed by atoms with Crippen LogP contribution in [0.2, 0.25) is 0 Å². The molecule has 1 rings (SSSR count). The lowest BCUT2D eigenvalue weighted by molar-refractivity contribution is -0.123. The van der Waals surface area contributed by atoms with Gasteiger partial charge in [-0.05, 0) is 24.7 Å². The van der Waals surface area contributed by atoms with Crippen LogP contribution >= 0.6 is 0 Å². The van der Waals surface area contributed by atoms with Gasteiger partial charge in [-0.15, -0.1) is 0 Å². The molecule has 0 saturated heterocycles. The molecule has 0 bridgehead atoms. The number of nitrogens with one attached hydrogen (secondary N) is 1. The molecule has 1 aliphatic carbocycles. The average molecular weight is 211 g/mol. The predicted molar refractivity (Wildman–Crippen MR) is 63.6 cm³/mol. The highest BCUT2D eigenvalue weighted by atomic mass is 16.1. The molecule has 1 atom stereocenters. The molecule has 0 aliphatic heterocycles. The molecule has 88 valence electrons. The Kier molecular flexibility index (Phi) is 5.13. The molecule has 15 heavy (non-hydrogen) atoms. The van der Waals surface area contributed by atoms with E-state index in [4.69, 9.17) is 0 Å². The van der Waals surface area contributed by atoms with Crippen LogP contribution in [0, 0.1) is 11.8 Å². The first-order valence-corrected chi connectivity index (χ1v) is 6.39. The van der Waals surface area contributed by atoms with Crippen LogP contribution in [0.25, 0.3) is 0 Å². The molecule has 1 saturated carbocycles. The molecule has 1 N–H and O–H groups in total. The summed E-state index contributed by atoms with van der Waals surface area (Å²) in [6.45, 7) is 6.52. The minimum Gasteiger partial charge on any atom is -0.353 e. The minimum atomic E-state index is 0.253. The van der Waals surface area contributed by atoms with Gasteiger partial charge >= 0.3 is 0 Å². The summed E-state index contributed by atoms with van der Waals surface area (Å²) in [5.74, 6) is 1.35. The van der Waals surface area contributed by atoms with Crippen molar-refractivity contribution < 1.29 is 4.79 Å². The summed E-state index contributed by atoms with van der Waals surface area (Å²) in [5.41, 5.74) is 0. The van der Waals surface area contributed by atoms with E-state index in [1.165, 1.54) is 32.1 Å². The maximum Gasteiger partial charge on any atom is 0.220 e. The Morgan fingerprint density at radius 2 is 1.80 bits per heavy atom. The summed E-state index contributed by atoms with van der Waals surface area (Å²) in [5, 5.41) is 3.17. The van der Waals surface area contributed by atoms with Crippen LogP contribution in [0.1, 0.15) is 59.3 Å². The molecule has 0 spiro atoms. The Bertz CT molecular complexity index is 195. The van der Waals surface area contributed by atoms with Gasteiger partial charge in [0.05, 0.1) is 0 Å². The van der Waals surface area contributed by atoms with Crippen LogP contribution in [0.5, 0.6) is 0 Å². The van der Waals surface area contributed by atoms with Gasteiger partial charge in [0.2, 0.25) is 5.91 Å². The lowest BCUT2D eigenvalue weighted by Gasteiger charge is -2.24. The topological polar surface area (TPSA) is 29.1 Å². The fourth-order valence-corrected chi connectivity index (χ4v) is 2.06. The van der Waals surface area contributed by atoms with Crippen molar-refractivity contribution in [3.05, 3.63) is 0 Å². The van der Waals surface area contributed by atoms with Gasteiger partial charge in [-0.2, -0.15) is 0 Å². The molecule has 0 aromatic carbocycles. The second-order valence-corrected chi connectivity index (χ2v) is 5.33. The van der Waals surface area contributed by atoms with Gasteiger partial charge in [-0.1, -0.05) is 40.0 Å². The second kappa shape index (κ2) is 6.14. The largest absolute Gasteiger partial charge is 0.353 e. The van der Waals surface area contributed by atoms with Crippen molar-refractivity contribution in [2.24, 2.45) is 11.8 Å². The maximum absolute atomic E-state index is 11.7. The molecule has 2 heteroatoms. The molecule has 2 nitrogen and oxygen atoms in total. The Morgan fingerprint density at radius 1 is 1.20 bits per heavy atom. The van der Waals surface area contributed by atoms with E-state index >= 15 is 0 Å². The number of carbonyl (C=O) groups is 1. The van der Waals surface area contributed by atoms with Crippen molar-refractivity contribution in [2.45, 2.75) is 65.3 Å². The van der Waals surface area contributed by atoms with Gasteiger partial charge < -0.3 is 5.32 Å². The summed E-state index contributed by atoms with van der Waals surface area (Å²) in [6.07, 6.45) is 6.96. The number of rotatable bonds is 4. The number of amides is 1. The summed E-state index contributed by atoms with van der Waals surface area (Å²) in [6, 6.07) is 0.464. The monoisotopic (exact) mass is 211 g/mol. The van der Waals surface area contributed by atoms with Crippen molar-refractivity contribution >= 4 is 5.91 Å². The predicted octanol–water partition coefficient (Wildman–Crippen LogP) is 3.12. The minimum absolute atomic E-state index is 0.253. The van der Waals surface area contributed by atoms with Crippen LogP contribution in [0.4, 0.5) is 0 Å². The Balaban J connectivity index is 2.22. The lowest BCUT2D eigenvalue weighted by atomic mass is 9.92. The molecule has 0 heterocycles. The van der Waals surface area contributed by atoms with Gasteiger partial charge in [-0.25, -0.2) is 0 Å². The van der Waals surface area contributed by atoms with Gasteiger partial charge in [0.1, 0.15) is 0 Å². The molecule has 0 aromatic heterocycles. The number of carbonyl (C=O) groups excluding carboxylic acids is 1.